The fourth-order valence-electron chi connectivity index (χ4n) is 4.80. The number of aromatic nitrogens is 4. The third kappa shape index (κ3) is 7.27. The molecule has 2 bridgehead atoms. The summed E-state index contributed by atoms with van der Waals surface area (Å²) < 4.78 is 27.5. The van der Waals surface area contributed by atoms with E-state index in [0.29, 0.717) is 24.0 Å². The van der Waals surface area contributed by atoms with E-state index in [2.05, 4.69) is 32.1 Å². The number of unbranched alkanes of at least 4 members (excludes halogenated alkanes) is 1. The van der Waals surface area contributed by atoms with Crippen LogP contribution in [0.4, 0.5) is 11.8 Å². The summed E-state index contributed by atoms with van der Waals surface area (Å²) in [5.74, 6) is -4.35. The number of nitrogens with one attached hydrogen (secondary N) is 1. The molecule has 0 radical (unpaired) electrons. The average molecular weight is 647 g/mol. The van der Waals surface area contributed by atoms with E-state index in [-0.39, 0.29) is 23.9 Å². The molecule has 6 rings (SSSR count). The van der Waals surface area contributed by atoms with E-state index < -0.39 is 45.8 Å². The van der Waals surface area contributed by atoms with Crippen LogP contribution in [0.1, 0.15) is 37.3 Å². The van der Waals surface area contributed by atoms with Crippen LogP contribution in [0.2, 0.25) is 0 Å². The number of carbonyl (C=O) groups is 2. The van der Waals surface area contributed by atoms with E-state index in [1.165, 1.54) is 25.4 Å². The van der Waals surface area contributed by atoms with Gasteiger partial charge in [-0.1, -0.05) is 17.6 Å². The first-order valence-electron chi connectivity index (χ1n) is 14.6. The molecule has 16 nitrogen and oxygen atoms in total. The Bertz CT molecular complexity index is 1980. The smallest absolute Gasteiger partial charge is 0.357 e. The Morgan fingerprint density at radius 1 is 0.915 bits per heavy atom. The van der Waals surface area contributed by atoms with Crippen LogP contribution in [0.15, 0.2) is 90.3 Å². The van der Waals surface area contributed by atoms with Gasteiger partial charge in [-0.25, -0.2) is 29.1 Å². The van der Waals surface area contributed by atoms with E-state index in [9.17, 15) is 24.0 Å². The predicted octanol–water partition coefficient (Wildman–Crippen LogP) is 1.93. The predicted molar refractivity (Wildman–Crippen MR) is 165 cm³/mol. The first-order chi connectivity index (χ1) is 22.7. The van der Waals surface area contributed by atoms with Gasteiger partial charge in [0, 0.05) is 67.9 Å². The Kier molecular flexibility index (Phi) is 9.88. The third-order valence-corrected chi connectivity index (χ3v) is 6.85. The Balaban J connectivity index is 1.58. The number of hydrogen-bond acceptors (Lipinski definition) is 15. The van der Waals surface area contributed by atoms with Crippen molar-refractivity contribution in [2.45, 2.75) is 32.0 Å². The van der Waals surface area contributed by atoms with Crippen LogP contribution in [0, 0.1) is 0 Å². The summed E-state index contributed by atoms with van der Waals surface area (Å²) in [7, 11) is 1.31. The van der Waals surface area contributed by atoms with Gasteiger partial charge in [0.15, 0.2) is 5.56 Å². The van der Waals surface area contributed by atoms with Crippen molar-refractivity contribution in [2.24, 2.45) is 0 Å². The number of nitrogens with zero attached hydrogens (tertiary/aromatic N) is 5. The standard InChI is InChI=1S/C31H30N6O10/c1-3-17-36(21-8-4-5-14-32-21)18-7-6-15-34-30-35-28-27(29(42)37(30)47-26(41)12-9-23(38)44-28)31(20-13-16-33-22(19-20)43-2)45-24(39)10-11-25(40)46-31/h4-5,8-14,16,19H,3,6-7,15,17-18H2,1-2H3,(H,34,35). The lowest BCUT2D eigenvalue weighted by molar-refractivity contribution is -0.210. The van der Waals surface area contributed by atoms with Gasteiger partial charge in [-0.05, 0) is 37.5 Å². The molecule has 5 aromatic rings. The molecule has 0 atom stereocenters. The minimum atomic E-state index is -2.70. The van der Waals surface area contributed by atoms with E-state index in [1.54, 1.807) is 6.20 Å². The third-order valence-electron chi connectivity index (χ3n) is 6.85. The van der Waals surface area contributed by atoms with Crippen LogP contribution in [0.5, 0.6) is 5.88 Å². The fourth-order valence-corrected chi connectivity index (χ4v) is 4.80. The molecule has 244 valence electrons. The number of ether oxygens (including phenoxy) is 3. The highest BCUT2D eigenvalue weighted by Crippen LogP contribution is 2.38. The summed E-state index contributed by atoms with van der Waals surface area (Å²) >= 11 is 0. The maximum atomic E-state index is 14.2. The summed E-state index contributed by atoms with van der Waals surface area (Å²) in [6.07, 6.45) is 6.76. The SMILES string of the molecule is CCCN(CCCCNc1nc2oc(=O)ccc(=O)on1c(=O)c2C1(c2ccnc(OC)c2)OC(=O)C=CC(=O)O1)c1ccccn1. The van der Waals surface area contributed by atoms with Crippen LogP contribution in [-0.2, 0) is 24.8 Å². The van der Waals surface area contributed by atoms with E-state index in [1.807, 2.05) is 18.2 Å². The van der Waals surface area contributed by atoms with Gasteiger partial charge in [-0.15, -0.1) is 0 Å². The molecule has 1 N–H and O–H groups in total. The molecule has 0 unspecified atom stereocenters. The Morgan fingerprint density at radius 3 is 2.38 bits per heavy atom. The summed E-state index contributed by atoms with van der Waals surface area (Å²) in [5.41, 5.74) is -5.04. The van der Waals surface area contributed by atoms with Crippen LogP contribution < -0.4 is 31.8 Å². The number of rotatable bonds is 12. The van der Waals surface area contributed by atoms with E-state index >= 15 is 0 Å². The van der Waals surface area contributed by atoms with Gasteiger partial charge >= 0.3 is 34.5 Å². The zero-order valence-corrected chi connectivity index (χ0v) is 25.4. The number of esters is 2. The lowest BCUT2D eigenvalue weighted by Crippen LogP contribution is -2.43. The van der Waals surface area contributed by atoms with E-state index in [4.69, 9.17) is 23.2 Å². The number of carbonyl (C=O) groups excluding carboxylic acids is 2. The Morgan fingerprint density at radius 2 is 1.68 bits per heavy atom. The summed E-state index contributed by atoms with van der Waals surface area (Å²) in [5, 5.41) is 2.94. The summed E-state index contributed by atoms with van der Waals surface area (Å²) in [6.45, 7) is 3.82. The molecule has 16 heteroatoms. The number of pyridine rings is 2. The van der Waals surface area contributed by atoms with Crippen molar-refractivity contribution in [1.29, 1.82) is 0 Å². The molecule has 1 aliphatic heterocycles. The molecular weight excluding hydrogens is 616 g/mol. The molecular formula is C31H30N6O10. The van der Waals surface area contributed by atoms with Gasteiger partial charge in [0.1, 0.15) is 5.82 Å². The molecule has 47 heavy (non-hydrogen) atoms. The highest BCUT2D eigenvalue weighted by Gasteiger charge is 2.49. The second-order valence-corrected chi connectivity index (χ2v) is 10.1. The highest BCUT2D eigenvalue weighted by atomic mass is 16.7. The molecule has 6 heterocycles. The van der Waals surface area contributed by atoms with Gasteiger partial charge in [-0.2, -0.15) is 4.98 Å². The minimum Gasteiger partial charge on any atom is -0.481 e. The molecule has 0 spiro atoms. The van der Waals surface area contributed by atoms with Crippen molar-refractivity contribution in [3.8, 4) is 5.88 Å². The van der Waals surface area contributed by atoms with Gasteiger partial charge in [0.25, 0.3) is 0 Å². The number of cyclic esters (lactones) is 2. The molecule has 0 aliphatic carbocycles. The second kappa shape index (κ2) is 14.4. The van der Waals surface area contributed by atoms with Crippen molar-refractivity contribution >= 4 is 29.4 Å². The largest absolute Gasteiger partial charge is 0.481 e. The van der Waals surface area contributed by atoms with E-state index in [0.717, 1.165) is 43.1 Å². The molecule has 5 aromatic heterocycles. The average Bonchev–Trinajstić information content (AvgIpc) is 3.22. The van der Waals surface area contributed by atoms with Crippen molar-refractivity contribution in [3.63, 3.8) is 0 Å². The van der Waals surface area contributed by atoms with Crippen LogP contribution in [-0.4, -0.2) is 58.2 Å². The zero-order chi connectivity index (χ0) is 33.4. The number of hydrogen-bond donors (Lipinski definition) is 1. The Hall–Kier alpha value is -6.06. The van der Waals surface area contributed by atoms with Crippen LogP contribution >= 0.6 is 0 Å². The molecule has 0 aromatic carbocycles. The monoisotopic (exact) mass is 646 g/mol. The maximum absolute atomic E-state index is 14.2. The lowest BCUT2D eigenvalue weighted by Gasteiger charge is -2.30. The number of fused-ring (bicyclic) bond motifs is 7. The number of methoxy groups -OCH3 is 1. The molecule has 0 saturated carbocycles. The van der Waals surface area contributed by atoms with Crippen LogP contribution in [0.3, 0.4) is 0 Å². The van der Waals surface area contributed by atoms with Crippen molar-refractivity contribution in [3.05, 3.63) is 109 Å². The van der Waals surface area contributed by atoms with Gasteiger partial charge in [0.2, 0.25) is 17.5 Å². The van der Waals surface area contributed by atoms with Gasteiger partial charge in [0.05, 0.1) is 7.11 Å². The fraction of sp³-hybridized carbons (Fsp3) is 0.290. The first-order valence-corrected chi connectivity index (χ1v) is 14.6. The summed E-state index contributed by atoms with van der Waals surface area (Å²) in [6, 6.07) is 9.71. The second-order valence-electron chi connectivity index (χ2n) is 10.1. The summed E-state index contributed by atoms with van der Waals surface area (Å²) in [4.78, 5) is 80.0. The minimum absolute atomic E-state index is 0.00711. The van der Waals surface area contributed by atoms with Crippen molar-refractivity contribution in [2.75, 3.05) is 37.0 Å². The molecule has 0 amide bonds. The van der Waals surface area contributed by atoms with Crippen LogP contribution in [0.25, 0.3) is 5.71 Å². The quantitative estimate of drug-likeness (QED) is 0.173. The lowest BCUT2D eigenvalue weighted by atomic mass is 9.99. The van der Waals surface area contributed by atoms with Crippen molar-refractivity contribution in [1.82, 2.24) is 19.5 Å². The molecule has 0 saturated heterocycles. The maximum Gasteiger partial charge on any atom is 0.357 e. The molecule has 1 aliphatic rings. The topological polar surface area (TPSA) is 198 Å². The first kappa shape index (κ1) is 32.3. The van der Waals surface area contributed by atoms with Gasteiger partial charge in [-0.3, -0.25) is 4.79 Å². The molecule has 0 fully saturated rings. The van der Waals surface area contributed by atoms with Gasteiger partial charge < -0.3 is 33.4 Å². The van der Waals surface area contributed by atoms with Crippen molar-refractivity contribution < 1.29 is 32.7 Å². The highest BCUT2D eigenvalue weighted by molar-refractivity contribution is 5.94. The zero-order valence-electron chi connectivity index (χ0n) is 25.4. The normalized spacial score (nSPS) is 13.7. The Labute approximate surface area is 265 Å². The number of anilines is 2.